The summed E-state index contributed by atoms with van der Waals surface area (Å²) in [4.78, 5) is 4.44. The molecule has 0 bridgehead atoms. The number of benzene rings is 1. The SMILES string of the molecule is CCNCc1c(C)cc(C)nc1Oc1ccc(F)c(Cl)c1. The van der Waals surface area contributed by atoms with E-state index < -0.39 is 5.82 Å². The zero-order chi connectivity index (χ0) is 15.4. The van der Waals surface area contributed by atoms with Gasteiger partial charge in [0.05, 0.1) is 5.02 Å². The molecule has 0 radical (unpaired) electrons. The summed E-state index contributed by atoms with van der Waals surface area (Å²) in [5, 5.41) is 3.30. The molecule has 1 N–H and O–H groups in total. The fraction of sp³-hybridized carbons (Fsp3) is 0.312. The molecule has 3 nitrogen and oxygen atoms in total. The van der Waals surface area contributed by atoms with E-state index in [2.05, 4.69) is 10.3 Å². The fourth-order valence-electron chi connectivity index (χ4n) is 2.03. The van der Waals surface area contributed by atoms with Crippen LogP contribution in [0.4, 0.5) is 4.39 Å². The molecule has 1 aromatic heterocycles. The van der Waals surface area contributed by atoms with Gasteiger partial charge in [-0.15, -0.1) is 0 Å². The molecule has 2 aromatic rings. The molecule has 2 rings (SSSR count). The maximum atomic E-state index is 13.2. The summed E-state index contributed by atoms with van der Waals surface area (Å²) < 4.78 is 19.0. The zero-order valence-electron chi connectivity index (χ0n) is 12.3. The van der Waals surface area contributed by atoms with Gasteiger partial charge in [0.15, 0.2) is 0 Å². The third-order valence-electron chi connectivity index (χ3n) is 3.09. The minimum absolute atomic E-state index is 0.0325. The van der Waals surface area contributed by atoms with Crippen LogP contribution >= 0.6 is 11.6 Å². The Bertz CT molecular complexity index is 646. The third-order valence-corrected chi connectivity index (χ3v) is 3.38. The van der Waals surface area contributed by atoms with Crippen LogP contribution in [-0.2, 0) is 6.54 Å². The number of rotatable bonds is 5. The summed E-state index contributed by atoms with van der Waals surface area (Å²) in [5.74, 6) is 0.526. The highest BCUT2D eigenvalue weighted by Gasteiger charge is 2.12. The van der Waals surface area contributed by atoms with Crippen LogP contribution in [0.1, 0.15) is 23.7 Å². The van der Waals surface area contributed by atoms with Crippen molar-refractivity contribution >= 4 is 11.6 Å². The Kier molecular flexibility index (Phi) is 5.15. The monoisotopic (exact) mass is 308 g/mol. The van der Waals surface area contributed by atoms with Crippen LogP contribution in [-0.4, -0.2) is 11.5 Å². The number of hydrogen-bond acceptors (Lipinski definition) is 3. The molecule has 0 aliphatic heterocycles. The quantitative estimate of drug-likeness (QED) is 0.889. The maximum Gasteiger partial charge on any atom is 0.224 e. The van der Waals surface area contributed by atoms with E-state index in [1.54, 1.807) is 0 Å². The molecule has 1 aromatic carbocycles. The van der Waals surface area contributed by atoms with Gasteiger partial charge in [0.25, 0.3) is 0 Å². The molecule has 0 spiro atoms. The Morgan fingerprint density at radius 3 is 2.71 bits per heavy atom. The topological polar surface area (TPSA) is 34.2 Å². The predicted molar refractivity (Wildman–Crippen MR) is 82.6 cm³/mol. The number of hydrogen-bond donors (Lipinski definition) is 1. The van der Waals surface area contributed by atoms with Crippen LogP contribution in [0.5, 0.6) is 11.6 Å². The number of nitrogens with zero attached hydrogens (tertiary/aromatic N) is 1. The standard InChI is InChI=1S/C16H18ClFN2O/c1-4-19-9-13-10(2)7-11(3)20-16(13)21-12-5-6-15(18)14(17)8-12/h5-8,19H,4,9H2,1-3H3. The first-order valence-electron chi connectivity index (χ1n) is 6.82. The predicted octanol–water partition coefficient (Wildman–Crippen LogP) is 4.39. The van der Waals surface area contributed by atoms with E-state index in [0.717, 1.165) is 23.4 Å². The molecule has 0 saturated carbocycles. The number of aryl methyl sites for hydroxylation is 2. The average molecular weight is 309 g/mol. The summed E-state index contributed by atoms with van der Waals surface area (Å²) in [6.07, 6.45) is 0. The van der Waals surface area contributed by atoms with Gasteiger partial charge < -0.3 is 10.1 Å². The summed E-state index contributed by atoms with van der Waals surface area (Å²) in [6, 6.07) is 6.28. The normalized spacial score (nSPS) is 10.7. The minimum atomic E-state index is -0.467. The minimum Gasteiger partial charge on any atom is -0.439 e. The second-order valence-electron chi connectivity index (χ2n) is 4.82. The lowest BCUT2D eigenvalue weighted by Crippen LogP contribution is -2.14. The van der Waals surface area contributed by atoms with Crippen molar-refractivity contribution in [1.82, 2.24) is 10.3 Å². The molecule has 0 atom stereocenters. The second-order valence-corrected chi connectivity index (χ2v) is 5.23. The zero-order valence-corrected chi connectivity index (χ0v) is 13.1. The summed E-state index contributed by atoms with van der Waals surface area (Å²) >= 11 is 5.78. The first-order valence-corrected chi connectivity index (χ1v) is 7.19. The van der Waals surface area contributed by atoms with E-state index in [4.69, 9.17) is 16.3 Å². The molecule has 5 heteroatoms. The fourth-order valence-corrected chi connectivity index (χ4v) is 2.20. The van der Waals surface area contributed by atoms with Gasteiger partial charge in [0, 0.05) is 23.9 Å². The number of ether oxygens (including phenoxy) is 1. The molecule has 0 unspecified atom stereocenters. The Morgan fingerprint density at radius 1 is 1.29 bits per heavy atom. The van der Waals surface area contributed by atoms with Crippen molar-refractivity contribution in [2.75, 3.05) is 6.54 Å². The van der Waals surface area contributed by atoms with Crippen molar-refractivity contribution in [3.63, 3.8) is 0 Å². The lowest BCUT2D eigenvalue weighted by Gasteiger charge is -2.14. The molecule has 21 heavy (non-hydrogen) atoms. The van der Waals surface area contributed by atoms with Crippen LogP contribution in [0.25, 0.3) is 0 Å². The van der Waals surface area contributed by atoms with Gasteiger partial charge in [-0.1, -0.05) is 18.5 Å². The molecule has 0 aliphatic rings. The number of nitrogens with one attached hydrogen (secondary N) is 1. The van der Waals surface area contributed by atoms with E-state index >= 15 is 0 Å². The van der Waals surface area contributed by atoms with Gasteiger partial charge in [0.1, 0.15) is 11.6 Å². The van der Waals surface area contributed by atoms with Gasteiger partial charge in [-0.3, -0.25) is 0 Å². The highest BCUT2D eigenvalue weighted by atomic mass is 35.5. The highest BCUT2D eigenvalue weighted by molar-refractivity contribution is 6.30. The van der Waals surface area contributed by atoms with Crippen molar-refractivity contribution in [2.45, 2.75) is 27.3 Å². The van der Waals surface area contributed by atoms with Crippen LogP contribution in [0.3, 0.4) is 0 Å². The van der Waals surface area contributed by atoms with E-state index in [1.807, 2.05) is 26.8 Å². The van der Waals surface area contributed by atoms with Crippen LogP contribution in [0.15, 0.2) is 24.3 Å². The van der Waals surface area contributed by atoms with E-state index in [1.165, 1.54) is 18.2 Å². The van der Waals surface area contributed by atoms with Crippen LogP contribution in [0, 0.1) is 19.7 Å². The molecule has 0 saturated heterocycles. The first kappa shape index (κ1) is 15.7. The second kappa shape index (κ2) is 6.87. The number of halogens is 2. The first-order chi connectivity index (χ1) is 10.0. The van der Waals surface area contributed by atoms with E-state index in [9.17, 15) is 4.39 Å². The Hall–Kier alpha value is -1.65. The third kappa shape index (κ3) is 3.93. The van der Waals surface area contributed by atoms with Crippen molar-refractivity contribution in [3.05, 3.63) is 51.9 Å². The summed E-state index contributed by atoms with van der Waals surface area (Å²) in [7, 11) is 0. The Labute approximate surface area is 129 Å². The lowest BCUT2D eigenvalue weighted by atomic mass is 10.1. The van der Waals surface area contributed by atoms with E-state index in [0.29, 0.717) is 18.2 Å². The highest BCUT2D eigenvalue weighted by Crippen LogP contribution is 2.29. The van der Waals surface area contributed by atoms with Gasteiger partial charge in [-0.2, -0.15) is 0 Å². The smallest absolute Gasteiger partial charge is 0.224 e. The van der Waals surface area contributed by atoms with Crippen molar-refractivity contribution in [3.8, 4) is 11.6 Å². The van der Waals surface area contributed by atoms with Crippen molar-refractivity contribution in [1.29, 1.82) is 0 Å². The molecule has 112 valence electrons. The molecule has 0 amide bonds. The van der Waals surface area contributed by atoms with Crippen molar-refractivity contribution < 1.29 is 9.13 Å². The molecule has 0 fully saturated rings. The molecular weight excluding hydrogens is 291 g/mol. The largest absolute Gasteiger partial charge is 0.439 e. The van der Waals surface area contributed by atoms with Gasteiger partial charge in [-0.05, 0) is 44.2 Å². The average Bonchev–Trinajstić information content (AvgIpc) is 2.42. The maximum absolute atomic E-state index is 13.2. The van der Waals surface area contributed by atoms with Crippen molar-refractivity contribution in [2.24, 2.45) is 0 Å². The van der Waals surface area contributed by atoms with Gasteiger partial charge in [-0.25, -0.2) is 9.37 Å². The number of pyridine rings is 1. The molecule has 1 heterocycles. The van der Waals surface area contributed by atoms with Gasteiger partial charge in [0.2, 0.25) is 5.88 Å². The van der Waals surface area contributed by atoms with E-state index in [-0.39, 0.29) is 5.02 Å². The molecular formula is C16H18ClFN2O. The molecule has 0 aliphatic carbocycles. The Morgan fingerprint density at radius 2 is 2.05 bits per heavy atom. The van der Waals surface area contributed by atoms with Crippen LogP contribution < -0.4 is 10.1 Å². The number of aromatic nitrogens is 1. The van der Waals surface area contributed by atoms with Gasteiger partial charge >= 0.3 is 0 Å². The van der Waals surface area contributed by atoms with Crippen LogP contribution in [0.2, 0.25) is 5.02 Å². The lowest BCUT2D eigenvalue weighted by molar-refractivity contribution is 0.450. The summed E-state index contributed by atoms with van der Waals surface area (Å²) in [6.45, 7) is 7.49. The summed E-state index contributed by atoms with van der Waals surface area (Å²) in [5.41, 5.74) is 2.96. The Balaban J connectivity index is 2.35.